The van der Waals surface area contributed by atoms with Gasteiger partial charge < -0.3 is 5.32 Å². The molecule has 0 fully saturated rings. The molecule has 0 aliphatic heterocycles. The van der Waals surface area contributed by atoms with Gasteiger partial charge in [-0.3, -0.25) is 0 Å². The molecule has 2 rings (SSSR count). The van der Waals surface area contributed by atoms with Crippen LogP contribution < -0.4 is 5.32 Å². The first-order chi connectivity index (χ1) is 8.65. The van der Waals surface area contributed by atoms with Gasteiger partial charge in [-0.05, 0) is 37.1 Å². The number of hydrogen-bond donors (Lipinski definition) is 1. The molecule has 0 aromatic heterocycles. The molecule has 0 spiro atoms. The van der Waals surface area contributed by atoms with E-state index in [-0.39, 0.29) is 11.9 Å². The molecule has 94 valence electrons. The van der Waals surface area contributed by atoms with Crippen LogP contribution in [0.25, 0.3) is 0 Å². The maximum absolute atomic E-state index is 13.1. The van der Waals surface area contributed by atoms with E-state index in [1.165, 1.54) is 17.2 Å². The summed E-state index contributed by atoms with van der Waals surface area (Å²) in [6.07, 6.45) is 0. The van der Waals surface area contributed by atoms with Crippen LogP contribution in [-0.4, -0.2) is 0 Å². The second kappa shape index (κ2) is 5.78. The van der Waals surface area contributed by atoms with Crippen molar-refractivity contribution in [3.05, 3.63) is 71.0 Å². The van der Waals surface area contributed by atoms with Gasteiger partial charge in [-0.2, -0.15) is 0 Å². The van der Waals surface area contributed by atoms with E-state index < -0.39 is 0 Å². The van der Waals surface area contributed by atoms with Crippen LogP contribution in [0.1, 0.15) is 29.7 Å². The number of rotatable bonds is 4. The Bertz CT molecular complexity index is 522. The van der Waals surface area contributed by atoms with Crippen LogP contribution in [0.3, 0.4) is 0 Å². The molecule has 2 aromatic rings. The first-order valence-corrected chi connectivity index (χ1v) is 6.19. The summed E-state index contributed by atoms with van der Waals surface area (Å²) in [6.45, 7) is 4.92. The lowest BCUT2D eigenvalue weighted by molar-refractivity contribution is 0.565. The summed E-state index contributed by atoms with van der Waals surface area (Å²) < 4.78 is 13.1. The van der Waals surface area contributed by atoms with E-state index in [1.807, 2.05) is 13.0 Å². The summed E-state index contributed by atoms with van der Waals surface area (Å²) in [5, 5.41) is 3.40. The van der Waals surface area contributed by atoms with Crippen molar-refractivity contribution in [3.8, 4) is 0 Å². The number of halogens is 1. The third-order valence-corrected chi connectivity index (χ3v) is 3.04. The van der Waals surface area contributed by atoms with Crippen molar-refractivity contribution in [1.82, 2.24) is 5.32 Å². The molecule has 1 atom stereocenters. The minimum Gasteiger partial charge on any atom is -0.306 e. The monoisotopic (exact) mass is 243 g/mol. The third kappa shape index (κ3) is 3.41. The zero-order valence-electron chi connectivity index (χ0n) is 10.8. The highest BCUT2D eigenvalue weighted by Crippen LogP contribution is 2.14. The van der Waals surface area contributed by atoms with Crippen molar-refractivity contribution in [2.24, 2.45) is 0 Å². The molecular formula is C16H18FN. The summed E-state index contributed by atoms with van der Waals surface area (Å²) in [7, 11) is 0. The zero-order valence-corrected chi connectivity index (χ0v) is 10.8. The van der Waals surface area contributed by atoms with Crippen molar-refractivity contribution in [2.45, 2.75) is 26.4 Å². The van der Waals surface area contributed by atoms with E-state index in [2.05, 4.69) is 36.5 Å². The highest BCUT2D eigenvalue weighted by molar-refractivity contribution is 5.23. The van der Waals surface area contributed by atoms with Gasteiger partial charge >= 0.3 is 0 Å². The van der Waals surface area contributed by atoms with Gasteiger partial charge in [-0.1, -0.05) is 42.0 Å². The second-order valence-electron chi connectivity index (χ2n) is 4.65. The average Bonchev–Trinajstić information content (AvgIpc) is 2.36. The fraction of sp³-hybridized carbons (Fsp3) is 0.250. The molecule has 0 saturated heterocycles. The van der Waals surface area contributed by atoms with E-state index >= 15 is 0 Å². The van der Waals surface area contributed by atoms with Crippen molar-refractivity contribution in [2.75, 3.05) is 0 Å². The Balaban J connectivity index is 1.98. The Morgan fingerprint density at radius 3 is 2.61 bits per heavy atom. The Morgan fingerprint density at radius 1 is 1.11 bits per heavy atom. The van der Waals surface area contributed by atoms with Crippen LogP contribution in [0, 0.1) is 12.7 Å². The fourth-order valence-electron chi connectivity index (χ4n) is 1.99. The van der Waals surface area contributed by atoms with Gasteiger partial charge in [-0.15, -0.1) is 0 Å². The molecule has 1 N–H and O–H groups in total. The SMILES string of the molecule is Cc1cccc(CNC(C)c2cccc(F)c2)c1. The third-order valence-electron chi connectivity index (χ3n) is 3.04. The molecule has 0 saturated carbocycles. The largest absolute Gasteiger partial charge is 0.306 e. The molecule has 0 radical (unpaired) electrons. The molecular weight excluding hydrogens is 225 g/mol. The number of nitrogens with one attached hydrogen (secondary N) is 1. The van der Waals surface area contributed by atoms with Crippen molar-refractivity contribution < 1.29 is 4.39 Å². The van der Waals surface area contributed by atoms with E-state index in [4.69, 9.17) is 0 Å². The van der Waals surface area contributed by atoms with Gasteiger partial charge in [0.15, 0.2) is 0 Å². The summed E-state index contributed by atoms with van der Waals surface area (Å²) in [6, 6.07) is 15.3. The smallest absolute Gasteiger partial charge is 0.123 e. The highest BCUT2D eigenvalue weighted by Gasteiger charge is 2.05. The molecule has 0 aliphatic rings. The lowest BCUT2D eigenvalue weighted by atomic mass is 10.1. The first kappa shape index (κ1) is 12.8. The maximum atomic E-state index is 13.1. The molecule has 18 heavy (non-hydrogen) atoms. The van der Waals surface area contributed by atoms with E-state index in [9.17, 15) is 4.39 Å². The molecule has 0 heterocycles. The van der Waals surface area contributed by atoms with Crippen LogP contribution in [-0.2, 0) is 6.54 Å². The average molecular weight is 243 g/mol. The van der Waals surface area contributed by atoms with E-state index in [0.29, 0.717) is 0 Å². The van der Waals surface area contributed by atoms with Gasteiger partial charge in [0.25, 0.3) is 0 Å². The molecule has 0 aliphatic carbocycles. The standard InChI is InChI=1S/C16H18FN/c1-12-5-3-6-14(9-12)11-18-13(2)15-7-4-8-16(17)10-15/h3-10,13,18H,11H2,1-2H3. The minimum atomic E-state index is -0.184. The van der Waals surface area contributed by atoms with Crippen LogP contribution >= 0.6 is 0 Å². The van der Waals surface area contributed by atoms with Gasteiger partial charge in [0.05, 0.1) is 0 Å². The summed E-state index contributed by atoms with van der Waals surface area (Å²) in [5.74, 6) is -0.184. The summed E-state index contributed by atoms with van der Waals surface area (Å²) in [5.41, 5.74) is 3.48. The maximum Gasteiger partial charge on any atom is 0.123 e. The van der Waals surface area contributed by atoms with Crippen LogP contribution in [0.15, 0.2) is 48.5 Å². The predicted molar refractivity (Wildman–Crippen MR) is 72.8 cm³/mol. The van der Waals surface area contributed by atoms with Gasteiger partial charge in [0.1, 0.15) is 5.82 Å². The van der Waals surface area contributed by atoms with Crippen LogP contribution in [0.2, 0.25) is 0 Å². The number of hydrogen-bond acceptors (Lipinski definition) is 1. The van der Waals surface area contributed by atoms with Crippen LogP contribution in [0.5, 0.6) is 0 Å². The number of benzene rings is 2. The minimum absolute atomic E-state index is 0.140. The molecule has 0 bridgehead atoms. The molecule has 0 amide bonds. The van der Waals surface area contributed by atoms with Crippen molar-refractivity contribution in [3.63, 3.8) is 0 Å². The first-order valence-electron chi connectivity index (χ1n) is 6.19. The fourth-order valence-corrected chi connectivity index (χ4v) is 1.99. The van der Waals surface area contributed by atoms with Crippen molar-refractivity contribution in [1.29, 1.82) is 0 Å². The van der Waals surface area contributed by atoms with Gasteiger partial charge in [0.2, 0.25) is 0 Å². The summed E-state index contributed by atoms with van der Waals surface area (Å²) in [4.78, 5) is 0. The molecule has 2 aromatic carbocycles. The number of aryl methyl sites for hydroxylation is 1. The lowest BCUT2D eigenvalue weighted by Crippen LogP contribution is -2.18. The van der Waals surface area contributed by atoms with E-state index in [0.717, 1.165) is 12.1 Å². The quantitative estimate of drug-likeness (QED) is 0.856. The Hall–Kier alpha value is -1.67. The lowest BCUT2D eigenvalue weighted by Gasteiger charge is -2.14. The zero-order chi connectivity index (χ0) is 13.0. The molecule has 1 nitrogen and oxygen atoms in total. The normalized spacial score (nSPS) is 12.4. The van der Waals surface area contributed by atoms with Gasteiger partial charge in [0, 0.05) is 12.6 Å². The van der Waals surface area contributed by atoms with Crippen molar-refractivity contribution >= 4 is 0 Å². The van der Waals surface area contributed by atoms with Crippen LogP contribution in [0.4, 0.5) is 4.39 Å². The topological polar surface area (TPSA) is 12.0 Å². The Morgan fingerprint density at radius 2 is 1.89 bits per heavy atom. The Labute approximate surface area is 108 Å². The molecule has 1 unspecified atom stereocenters. The second-order valence-corrected chi connectivity index (χ2v) is 4.65. The molecule has 2 heteroatoms. The van der Waals surface area contributed by atoms with E-state index in [1.54, 1.807) is 12.1 Å². The van der Waals surface area contributed by atoms with Gasteiger partial charge in [-0.25, -0.2) is 4.39 Å². The predicted octanol–water partition coefficient (Wildman–Crippen LogP) is 3.98. The summed E-state index contributed by atoms with van der Waals surface area (Å²) >= 11 is 0. The highest BCUT2D eigenvalue weighted by atomic mass is 19.1. The Kier molecular flexibility index (Phi) is 4.11.